The van der Waals surface area contributed by atoms with Crippen molar-refractivity contribution in [2.45, 2.75) is 18.9 Å². The molecular weight excluding hydrogens is 226 g/mol. The van der Waals surface area contributed by atoms with E-state index in [0.29, 0.717) is 31.0 Å². The Balaban J connectivity index is 1.94. The maximum absolute atomic E-state index is 11.8. The molecular formula is C12H14ClNO2. The minimum absolute atomic E-state index is 0.0684. The van der Waals surface area contributed by atoms with Crippen LogP contribution in [0.1, 0.15) is 12.0 Å². The van der Waals surface area contributed by atoms with Crippen molar-refractivity contribution >= 4 is 17.5 Å². The second-order valence-electron chi connectivity index (χ2n) is 4.09. The van der Waals surface area contributed by atoms with Crippen molar-refractivity contribution < 1.29 is 9.90 Å². The second kappa shape index (κ2) is 4.85. The van der Waals surface area contributed by atoms with Crippen LogP contribution in [0.2, 0.25) is 5.02 Å². The highest BCUT2D eigenvalue weighted by Gasteiger charge is 2.24. The van der Waals surface area contributed by atoms with Crippen LogP contribution in [0.4, 0.5) is 0 Å². The van der Waals surface area contributed by atoms with Crippen LogP contribution in [0.15, 0.2) is 24.3 Å². The van der Waals surface area contributed by atoms with Crippen LogP contribution >= 0.6 is 11.6 Å². The third kappa shape index (κ3) is 2.74. The molecule has 1 N–H and O–H groups in total. The molecule has 1 unspecified atom stereocenters. The van der Waals surface area contributed by atoms with Gasteiger partial charge in [0.05, 0.1) is 12.5 Å². The SMILES string of the molecule is O=C(Cc1ccc(Cl)cc1)N1CCC(O)C1. The number of hydrogen-bond acceptors (Lipinski definition) is 2. The third-order valence-electron chi connectivity index (χ3n) is 2.78. The van der Waals surface area contributed by atoms with Gasteiger partial charge in [0.25, 0.3) is 0 Å². The molecule has 1 fully saturated rings. The van der Waals surface area contributed by atoms with Crippen molar-refractivity contribution in [3.8, 4) is 0 Å². The fourth-order valence-electron chi connectivity index (χ4n) is 1.86. The molecule has 1 amide bonds. The van der Waals surface area contributed by atoms with E-state index in [1.54, 1.807) is 17.0 Å². The molecule has 1 heterocycles. The van der Waals surface area contributed by atoms with Gasteiger partial charge in [0.2, 0.25) is 5.91 Å². The lowest BCUT2D eigenvalue weighted by atomic mass is 10.1. The fourth-order valence-corrected chi connectivity index (χ4v) is 1.98. The Bertz CT molecular complexity index is 377. The van der Waals surface area contributed by atoms with E-state index < -0.39 is 0 Å². The highest BCUT2D eigenvalue weighted by Crippen LogP contribution is 2.13. The Morgan fingerprint density at radius 1 is 1.44 bits per heavy atom. The highest BCUT2D eigenvalue weighted by molar-refractivity contribution is 6.30. The zero-order valence-corrected chi connectivity index (χ0v) is 9.65. The fraction of sp³-hybridized carbons (Fsp3) is 0.417. The molecule has 0 saturated carbocycles. The van der Waals surface area contributed by atoms with Crippen LogP contribution in [0.3, 0.4) is 0 Å². The first kappa shape index (κ1) is 11.4. The number of halogens is 1. The normalized spacial score (nSPS) is 20.1. The average Bonchev–Trinajstić information content (AvgIpc) is 2.68. The summed E-state index contributed by atoms with van der Waals surface area (Å²) in [4.78, 5) is 13.5. The maximum atomic E-state index is 11.8. The van der Waals surface area contributed by atoms with Crippen molar-refractivity contribution in [3.63, 3.8) is 0 Å². The van der Waals surface area contributed by atoms with E-state index in [9.17, 15) is 9.90 Å². The van der Waals surface area contributed by atoms with E-state index >= 15 is 0 Å². The molecule has 0 spiro atoms. The van der Waals surface area contributed by atoms with Crippen LogP contribution in [0.25, 0.3) is 0 Å². The summed E-state index contributed by atoms with van der Waals surface area (Å²) >= 11 is 5.77. The van der Waals surface area contributed by atoms with Crippen molar-refractivity contribution in [1.29, 1.82) is 0 Å². The zero-order valence-electron chi connectivity index (χ0n) is 8.90. The van der Waals surface area contributed by atoms with Crippen LogP contribution in [0, 0.1) is 0 Å². The Kier molecular flexibility index (Phi) is 3.46. The molecule has 0 bridgehead atoms. The second-order valence-corrected chi connectivity index (χ2v) is 4.52. The number of hydrogen-bond donors (Lipinski definition) is 1. The number of benzene rings is 1. The smallest absolute Gasteiger partial charge is 0.227 e. The average molecular weight is 240 g/mol. The van der Waals surface area contributed by atoms with Gasteiger partial charge in [-0.1, -0.05) is 23.7 Å². The molecule has 1 atom stereocenters. The van der Waals surface area contributed by atoms with E-state index in [1.165, 1.54) is 0 Å². The molecule has 3 nitrogen and oxygen atoms in total. The quantitative estimate of drug-likeness (QED) is 0.849. The van der Waals surface area contributed by atoms with Gasteiger partial charge in [-0.3, -0.25) is 4.79 Å². The number of carbonyl (C=O) groups excluding carboxylic acids is 1. The lowest BCUT2D eigenvalue weighted by Crippen LogP contribution is -2.30. The van der Waals surface area contributed by atoms with Crippen molar-refractivity contribution in [2.75, 3.05) is 13.1 Å². The number of nitrogens with zero attached hydrogens (tertiary/aromatic N) is 1. The standard InChI is InChI=1S/C12H14ClNO2/c13-10-3-1-9(2-4-10)7-12(16)14-6-5-11(15)8-14/h1-4,11,15H,5-8H2. The molecule has 86 valence electrons. The topological polar surface area (TPSA) is 40.5 Å². The van der Waals surface area contributed by atoms with Crippen LogP contribution < -0.4 is 0 Å². The summed E-state index contributed by atoms with van der Waals surface area (Å²) in [6.45, 7) is 1.13. The summed E-state index contributed by atoms with van der Waals surface area (Å²) in [5, 5.41) is 10.0. The summed E-state index contributed by atoms with van der Waals surface area (Å²) in [6.07, 6.45) is 0.713. The van der Waals surface area contributed by atoms with E-state index in [1.807, 2.05) is 12.1 Å². The molecule has 2 rings (SSSR count). The largest absolute Gasteiger partial charge is 0.391 e. The minimum Gasteiger partial charge on any atom is -0.391 e. The van der Waals surface area contributed by atoms with Gasteiger partial charge in [-0.05, 0) is 24.1 Å². The maximum Gasteiger partial charge on any atom is 0.227 e. The molecule has 4 heteroatoms. The molecule has 1 aliphatic heterocycles. The summed E-state index contributed by atoms with van der Waals surface area (Å²) in [5.41, 5.74) is 0.954. The van der Waals surface area contributed by atoms with Gasteiger partial charge in [-0.15, -0.1) is 0 Å². The number of aliphatic hydroxyl groups excluding tert-OH is 1. The molecule has 1 saturated heterocycles. The first-order chi connectivity index (χ1) is 7.65. The zero-order chi connectivity index (χ0) is 11.5. The molecule has 0 aliphatic carbocycles. The minimum atomic E-state index is -0.353. The number of aliphatic hydroxyl groups is 1. The van der Waals surface area contributed by atoms with Crippen LogP contribution in [-0.4, -0.2) is 35.1 Å². The summed E-state index contributed by atoms with van der Waals surface area (Å²) in [5.74, 6) is 0.0684. The summed E-state index contributed by atoms with van der Waals surface area (Å²) in [7, 11) is 0. The lowest BCUT2D eigenvalue weighted by Gasteiger charge is -2.15. The number of likely N-dealkylation sites (tertiary alicyclic amines) is 1. The Morgan fingerprint density at radius 3 is 2.69 bits per heavy atom. The monoisotopic (exact) mass is 239 g/mol. The van der Waals surface area contributed by atoms with Crippen molar-refractivity contribution in [3.05, 3.63) is 34.9 Å². The molecule has 1 aromatic carbocycles. The van der Waals surface area contributed by atoms with Gasteiger partial charge in [0.15, 0.2) is 0 Å². The number of rotatable bonds is 2. The highest BCUT2D eigenvalue weighted by atomic mass is 35.5. The predicted molar refractivity (Wildman–Crippen MR) is 62.4 cm³/mol. The Labute approximate surface area is 99.6 Å². The van der Waals surface area contributed by atoms with Gasteiger partial charge < -0.3 is 10.0 Å². The first-order valence-corrected chi connectivity index (χ1v) is 5.73. The summed E-state index contributed by atoms with van der Waals surface area (Å²) in [6, 6.07) is 7.27. The van der Waals surface area contributed by atoms with Crippen molar-refractivity contribution in [1.82, 2.24) is 4.90 Å². The van der Waals surface area contributed by atoms with Gasteiger partial charge in [-0.25, -0.2) is 0 Å². The predicted octanol–water partition coefficient (Wildman–Crippen LogP) is 1.48. The van der Waals surface area contributed by atoms with Crippen LogP contribution in [0.5, 0.6) is 0 Å². The molecule has 1 aliphatic rings. The van der Waals surface area contributed by atoms with E-state index in [2.05, 4.69) is 0 Å². The molecule has 0 aromatic heterocycles. The van der Waals surface area contributed by atoms with E-state index in [4.69, 9.17) is 11.6 Å². The molecule has 1 aromatic rings. The van der Waals surface area contributed by atoms with E-state index in [-0.39, 0.29) is 12.0 Å². The third-order valence-corrected chi connectivity index (χ3v) is 3.04. The van der Waals surface area contributed by atoms with E-state index in [0.717, 1.165) is 5.56 Å². The van der Waals surface area contributed by atoms with Gasteiger partial charge in [-0.2, -0.15) is 0 Å². The molecule has 0 radical (unpaired) electrons. The Morgan fingerprint density at radius 2 is 2.12 bits per heavy atom. The van der Waals surface area contributed by atoms with Gasteiger partial charge in [0.1, 0.15) is 0 Å². The number of amides is 1. The first-order valence-electron chi connectivity index (χ1n) is 5.35. The van der Waals surface area contributed by atoms with Gasteiger partial charge in [0, 0.05) is 18.1 Å². The van der Waals surface area contributed by atoms with Crippen LogP contribution in [-0.2, 0) is 11.2 Å². The lowest BCUT2D eigenvalue weighted by molar-refractivity contribution is -0.129. The molecule has 16 heavy (non-hydrogen) atoms. The van der Waals surface area contributed by atoms with Gasteiger partial charge >= 0.3 is 0 Å². The number of carbonyl (C=O) groups is 1. The summed E-state index contributed by atoms with van der Waals surface area (Å²) < 4.78 is 0. The van der Waals surface area contributed by atoms with Crippen molar-refractivity contribution in [2.24, 2.45) is 0 Å². The number of β-amino-alcohol motifs (C(OH)–C–C–N with tert-alkyl or cyclic N) is 1. The Hall–Kier alpha value is -1.06.